The maximum absolute atomic E-state index is 13.9. The van der Waals surface area contributed by atoms with Gasteiger partial charge in [-0.05, 0) is 38.0 Å². The number of aliphatic carboxylic acids is 1. The Hall–Kier alpha value is -2.81. The molecule has 0 spiro atoms. The second-order valence-corrected chi connectivity index (χ2v) is 5.47. The Balaban J connectivity index is 2.73. The van der Waals surface area contributed by atoms with Gasteiger partial charge in [-0.3, -0.25) is 14.4 Å². The zero-order valence-electron chi connectivity index (χ0n) is 13.7. The van der Waals surface area contributed by atoms with Gasteiger partial charge >= 0.3 is 11.9 Å². The standard InChI is InChI=1S/C16H19FN2O6/c1-8-5-10(7-20)14(11(17)6-8)25-16(24)9(2)19-15(23)12(18)3-4-13(21)22/h5-7,9,12H,3-4,18H2,1-2H3,(H,19,23)(H,21,22)/t9-,12-/m0/s1. The molecule has 0 aliphatic heterocycles. The Kier molecular flexibility index (Phi) is 7.19. The molecule has 0 saturated carbocycles. The average Bonchev–Trinajstić information content (AvgIpc) is 2.54. The predicted octanol–water partition coefficient (Wildman–Crippen LogP) is 0.549. The highest BCUT2D eigenvalue weighted by atomic mass is 19.1. The Morgan fingerprint density at radius 3 is 2.60 bits per heavy atom. The normalized spacial score (nSPS) is 12.8. The number of benzene rings is 1. The number of amides is 1. The van der Waals surface area contributed by atoms with Gasteiger partial charge in [-0.2, -0.15) is 0 Å². The van der Waals surface area contributed by atoms with E-state index in [1.165, 1.54) is 13.0 Å². The zero-order chi connectivity index (χ0) is 19.1. The van der Waals surface area contributed by atoms with E-state index in [1.54, 1.807) is 6.92 Å². The number of esters is 1. The molecule has 4 N–H and O–H groups in total. The first-order chi connectivity index (χ1) is 11.6. The van der Waals surface area contributed by atoms with Crippen LogP contribution in [0.5, 0.6) is 5.75 Å². The van der Waals surface area contributed by atoms with E-state index < -0.39 is 41.5 Å². The maximum Gasteiger partial charge on any atom is 0.333 e. The van der Waals surface area contributed by atoms with Crippen molar-refractivity contribution in [1.82, 2.24) is 5.32 Å². The van der Waals surface area contributed by atoms with Crippen LogP contribution in [0, 0.1) is 12.7 Å². The Bertz CT molecular complexity index is 691. The second kappa shape index (κ2) is 8.88. The molecule has 1 amide bonds. The lowest BCUT2D eigenvalue weighted by molar-refractivity contribution is -0.140. The molecule has 0 aliphatic rings. The molecule has 1 rings (SSSR count). The van der Waals surface area contributed by atoms with Gasteiger partial charge in [0.2, 0.25) is 5.91 Å². The van der Waals surface area contributed by atoms with E-state index in [4.69, 9.17) is 15.6 Å². The summed E-state index contributed by atoms with van der Waals surface area (Å²) in [7, 11) is 0. The van der Waals surface area contributed by atoms with E-state index in [9.17, 15) is 23.6 Å². The maximum atomic E-state index is 13.9. The van der Waals surface area contributed by atoms with Crippen molar-refractivity contribution in [3.63, 3.8) is 0 Å². The molecule has 1 aromatic carbocycles. The molecule has 1 aromatic rings. The molecular formula is C16H19FN2O6. The highest BCUT2D eigenvalue weighted by Crippen LogP contribution is 2.23. The third-order valence-electron chi connectivity index (χ3n) is 3.26. The lowest BCUT2D eigenvalue weighted by atomic mass is 10.1. The first kappa shape index (κ1) is 20.2. The second-order valence-electron chi connectivity index (χ2n) is 5.47. The summed E-state index contributed by atoms with van der Waals surface area (Å²) in [4.78, 5) is 45.2. The topological polar surface area (TPSA) is 136 Å². The van der Waals surface area contributed by atoms with Gasteiger partial charge in [0.25, 0.3) is 0 Å². The quantitative estimate of drug-likeness (QED) is 0.352. The summed E-state index contributed by atoms with van der Waals surface area (Å²) in [5.41, 5.74) is 5.86. The SMILES string of the molecule is Cc1cc(F)c(OC(=O)[C@H](C)NC(=O)[C@@H](N)CCC(=O)O)c(C=O)c1. The van der Waals surface area contributed by atoms with E-state index in [-0.39, 0.29) is 18.4 Å². The van der Waals surface area contributed by atoms with Crippen LogP contribution >= 0.6 is 0 Å². The molecule has 0 bridgehead atoms. The number of hydrogen-bond donors (Lipinski definition) is 3. The molecule has 0 heterocycles. The van der Waals surface area contributed by atoms with Gasteiger partial charge in [0.1, 0.15) is 6.04 Å². The number of carboxylic acid groups (broad SMARTS) is 1. The molecule has 0 aromatic heterocycles. The number of aldehydes is 1. The minimum atomic E-state index is -1.18. The van der Waals surface area contributed by atoms with Crippen LogP contribution in [0.15, 0.2) is 12.1 Å². The van der Waals surface area contributed by atoms with Crippen LogP contribution in [0.25, 0.3) is 0 Å². The van der Waals surface area contributed by atoms with Crippen molar-refractivity contribution in [2.24, 2.45) is 5.73 Å². The smallest absolute Gasteiger partial charge is 0.333 e. The molecule has 0 aliphatic carbocycles. The number of ether oxygens (including phenoxy) is 1. The summed E-state index contributed by atoms with van der Waals surface area (Å²) in [6, 6.07) is 0.154. The van der Waals surface area contributed by atoms with Crippen molar-refractivity contribution in [2.45, 2.75) is 38.8 Å². The van der Waals surface area contributed by atoms with Gasteiger partial charge in [0, 0.05) is 6.42 Å². The highest BCUT2D eigenvalue weighted by Gasteiger charge is 2.24. The molecular weight excluding hydrogens is 335 g/mol. The fourth-order valence-electron chi connectivity index (χ4n) is 1.93. The van der Waals surface area contributed by atoms with E-state index in [0.29, 0.717) is 11.8 Å². The van der Waals surface area contributed by atoms with Crippen molar-refractivity contribution in [2.75, 3.05) is 0 Å². The number of hydrogen-bond acceptors (Lipinski definition) is 6. The fraction of sp³-hybridized carbons (Fsp3) is 0.375. The van der Waals surface area contributed by atoms with Gasteiger partial charge in [0.05, 0.1) is 11.6 Å². The van der Waals surface area contributed by atoms with Crippen LogP contribution in [0.1, 0.15) is 35.7 Å². The van der Waals surface area contributed by atoms with Crippen LogP contribution in [0.3, 0.4) is 0 Å². The highest BCUT2D eigenvalue weighted by molar-refractivity contribution is 5.89. The third kappa shape index (κ3) is 5.96. The van der Waals surface area contributed by atoms with Gasteiger partial charge in [-0.1, -0.05) is 0 Å². The third-order valence-corrected chi connectivity index (χ3v) is 3.26. The van der Waals surface area contributed by atoms with Crippen LogP contribution in [0.4, 0.5) is 4.39 Å². The summed E-state index contributed by atoms with van der Waals surface area (Å²) in [6.45, 7) is 2.86. The number of nitrogens with one attached hydrogen (secondary N) is 1. The van der Waals surface area contributed by atoms with Crippen LogP contribution < -0.4 is 15.8 Å². The summed E-state index contributed by atoms with van der Waals surface area (Å²) in [6.07, 6.45) is -0.0563. The van der Waals surface area contributed by atoms with Crippen molar-refractivity contribution in [3.05, 3.63) is 29.1 Å². The van der Waals surface area contributed by atoms with Gasteiger partial charge in [-0.15, -0.1) is 0 Å². The Labute approximate surface area is 143 Å². The number of aryl methyl sites for hydroxylation is 1. The molecule has 0 saturated heterocycles. The largest absolute Gasteiger partial charge is 0.481 e. The van der Waals surface area contributed by atoms with Gasteiger partial charge in [-0.25, -0.2) is 9.18 Å². The van der Waals surface area contributed by atoms with E-state index >= 15 is 0 Å². The van der Waals surface area contributed by atoms with Gasteiger partial charge in [0.15, 0.2) is 17.9 Å². The predicted molar refractivity (Wildman–Crippen MR) is 84.6 cm³/mol. The average molecular weight is 354 g/mol. The Morgan fingerprint density at radius 2 is 2.04 bits per heavy atom. The van der Waals surface area contributed by atoms with E-state index in [0.717, 1.165) is 6.07 Å². The number of rotatable bonds is 8. The van der Waals surface area contributed by atoms with Crippen molar-refractivity contribution in [3.8, 4) is 5.75 Å². The van der Waals surface area contributed by atoms with Crippen molar-refractivity contribution in [1.29, 1.82) is 0 Å². The first-order valence-corrected chi connectivity index (χ1v) is 7.40. The summed E-state index contributed by atoms with van der Waals surface area (Å²) < 4.78 is 18.8. The zero-order valence-corrected chi connectivity index (χ0v) is 13.7. The number of carbonyl (C=O) groups excluding carboxylic acids is 3. The monoisotopic (exact) mass is 354 g/mol. The summed E-state index contributed by atoms with van der Waals surface area (Å²) in [5.74, 6) is -4.25. The van der Waals surface area contributed by atoms with E-state index in [2.05, 4.69) is 5.32 Å². The molecule has 25 heavy (non-hydrogen) atoms. The summed E-state index contributed by atoms with van der Waals surface area (Å²) >= 11 is 0. The minimum absolute atomic E-state index is 0.106. The molecule has 0 unspecified atom stereocenters. The number of carboxylic acids is 1. The first-order valence-electron chi connectivity index (χ1n) is 7.40. The molecule has 0 radical (unpaired) electrons. The summed E-state index contributed by atoms with van der Waals surface area (Å²) in [5, 5.41) is 10.8. The van der Waals surface area contributed by atoms with Crippen molar-refractivity contribution < 1.29 is 33.4 Å². The molecule has 2 atom stereocenters. The fourth-order valence-corrected chi connectivity index (χ4v) is 1.93. The lowest BCUT2D eigenvalue weighted by Gasteiger charge is -2.17. The lowest BCUT2D eigenvalue weighted by Crippen LogP contribution is -2.48. The van der Waals surface area contributed by atoms with E-state index in [1.807, 2.05) is 0 Å². The number of halogens is 1. The molecule has 0 fully saturated rings. The Morgan fingerprint density at radius 1 is 1.40 bits per heavy atom. The van der Waals surface area contributed by atoms with Crippen LogP contribution in [-0.2, 0) is 14.4 Å². The van der Waals surface area contributed by atoms with Gasteiger partial charge < -0.3 is 20.9 Å². The minimum Gasteiger partial charge on any atom is -0.481 e. The molecule has 8 nitrogen and oxygen atoms in total. The molecule has 136 valence electrons. The number of carbonyl (C=O) groups is 4. The molecule has 9 heteroatoms. The van der Waals surface area contributed by atoms with Crippen molar-refractivity contribution >= 4 is 24.1 Å². The number of nitrogens with two attached hydrogens (primary N) is 1. The van der Waals surface area contributed by atoms with Crippen LogP contribution in [0.2, 0.25) is 0 Å². The van der Waals surface area contributed by atoms with Crippen LogP contribution in [-0.4, -0.2) is 41.3 Å².